The van der Waals surface area contributed by atoms with Crippen LogP contribution in [0.25, 0.3) is 0 Å². The summed E-state index contributed by atoms with van der Waals surface area (Å²) in [6.45, 7) is 0.537. The zero-order valence-corrected chi connectivity index (χ0v) is 16.3. The summed E-state index contributed by atoms with van der Waals surface area (Å²) >= 11 is 1.36. The van der Waals surface area contributed by atoms with Crippen molar-refractivity contribution >= 4 is 29.1 Å². The number of nitrogens with one attached hydrogen (secondary N) is 1. The van der Waals surface area contributed by atoms with E-state index >= 15 is 0 Å². The number of rotatable bonds is 7. The predicted molar refractivity (Wildman–Crippen MR) is 105 cm³/mol. The minimum absolute atomic E-state index is 0.00913. The van der Waals surface area contributed by atoms with E-state index in [0.717, 1.165) is 24.4 Å². The van der Waals surface area contributed by atoms with Gasteiger partial charge in [-0.25, -0.2) is 0 Å². The fourth-order valence-electron chi connectivity index (χ4n) is 3.23. The first-order valence-corrected chi connectivity index (χ1v) is 10.3. The van der Waals surface area contributed by atoms with Crippen LogP contribution in [0.3, 0.4) is 0 Å². The van der Waals surface area contributed by atoms with Crippen molar-refractivity contribution in [1.82, 2.24) is 14.8 Å². The molecule has 3 aromatic rings. The maximum atomic E-state index is 12.7. The summed E-state index contributed by atoms with van der Waals surface area (Å²) in [5.41, 5.74) is 1.04. The van der Waals surface area contributed by atoms with E-state index in [1.807, 2.05) is 16.7 Å². The minimum Gasteiger partial charge on any atom is -0.482 e. The third-order valence-corrected chi connectivity index (χ3v) is 5.82. The number of nitrogens with zero attached hydrogens (tertiary/aromatic N) is 3. The van der Waals surface area contributed by atoms with Gasteiger partial charge in [0.25, 0.3) is 5.91 Å². The monoisotopic (exact) mass is 410 g/mol. The molecule has 5 rings (SSSR count). The van der Waals surface area contributed by atoms with Gasteiger partial charge >= 0.3 is 0 Å². The van der Waals surface area contributed by atoms with Crippen LogP contribution in [0, 0.1) is 0 Å². The fraction of sp³-hybridized carbons (Fsp3) is 0.300. The second kappa shape index (κ2) is 7.40. The summed E-state index contributed by atoms with van der Waals surface area (Å²) in [7, 11) is 0. The van der Waals surface area contributed by atoms with Gasteiger partial charge in [0.05, 0.1) is 24.2 Å². The number of carbonyl (C=O) groups excluding carboxylic acids is 2. The van der Waals surface area contributed by atoms with E-state index in [1.54, 1.807) is 24.5 Å². The van der Waals surface area contributed by atoms with Gasteiger partial charge in [-0.2, -0.15) is 0 Å². The standard InChI is InChI=1S/C20H18N4O4S/c25-16(13-5-6-17-15(8-13)21-18(26)10-28-17)11-29-20-23-22-19(12-3-4-12)24(20)9-14-2-1-7-27-14/h1-2,5-8,12H,3-4,9-11H2,(H,21,26). The third kappa shape index (κ3) is 3.77. The summed E-state index contributed by atoms with van der Waals surface area (Å²) in [6, 6.07) is 8.84. The number of furan rings is 1. The van der Waals surface area contributed by atoms with Crippen molar-refractivity contribution in [1.29, 1.82) is 0 Å². The first kappa shape index (κ1) is 18.0. The van der Waals surface area contributed by atoms with Gasteiger partial charge in [0.1, 0.15) is 17.3 Å². The Labute approximate surface area is 170 Å². The molecule has 1 aliphatic heterocycles. The molecule has 3 heterocycles. The Morgan fingerprint density at radius 2 is 2.17 bits per heavy atom. The number of Topliss-reactive ketones (excluding diaryl/α,β-unsaturated/α-hetero) is 1. The van der Waals surface area contributed by atoms with E-state index in [9.17, 15) is 9.59 Å². The minimum atomic E-state index is -0.227. The largest absolute Gasteiger partial charge is 0.482 e. The van der Waals surface area contributed by atoms with Crippen molar-refractivity contribution in [2.75, 3.05) is 17.7 Å². The Kier molecular flexibility index (Phi) is 4.59. The Balaban J connectivity index is 1.32. The van der Waals surface area contributed by atoms with E-state index in [2.05, 4.69) is 15.5 Å². The van der Waals surface area contributed by atoms with Gasteiger partial charge in [0, 0.05) is 11.5 Å². The first-order chi connectivity index (χ1) is 14.2. The lowest BCUT2D eigenvalue weighted by Crippen LogP contribution is -2.25. The molecule has 1 amide bonds. The Morgan fingerprint density at radius 3 is 2.97 bits per heavy atom. The highest BCUT2D eigenvalue weighted by Crippen LogP contribution is 2.40. The summed E-state index contributed by atoms with van der Waals surface area (Å²) < 4.78 is 12.8. The second-order valence-corrected chi connectivity index (χ2v) is 7.98. The van der Waals surface area contributed by atoms with E-state index in [-0.39, 0.29) is 24.1 Å². The molecule has 1 aromatic carbocycles. The first-order valence-electron chi connectivity index (χ1n) is 9.35. The number of amides is 1. The zero-order valence-electron chi connectivity index (χ0n) is 15.5. The van der Waals surface area contributed by atoms with Crippen LogP contribution in [0.1, 0.15) is 40.7 Å². The number of anilines is 1. The van der Waals surface area contributed by atoms with Crippen LogP contribution in [-0.2, 0) is 11.3 Å². The zero-order chi connectivity index (χ0) is 19.8. The van der Waals surface area contributed by atoms with Crippen LogP contribution in [0.4, 0.5) is 5.69 Å². The van der Waals surface area contributed by atoms with Crippen LogP contribution < -0.4 is 10.1 Å². The van der Waals surface area contributed by atoms with Gasteiger partial charge in [-0.05, 0) is 43.2 Å². The Hall–Kier alpha value is -3.07. The third-order valence-electron chi connectivity index (χ3n) is 4.85. The van der Waals surface area contributed by atoms with Gasteiger partial charge in [-0.1, -0.05) is 11.8 Å². The highest BCUT2D eigenvalue weighted by atomic mass is 32.2. The molecule has 1 saturated carbocycles. The maximum Gasteiger partial charge on any atom is 0.262 e. The quantitative estimate of drug-likeness (QED) is 0.472. The number of carbonyl (C=O) groups is 2. The maximum absolute atomic E-state index is 12.7. The summed E-state index contributed by atoms with van der Waals surface area (Å²) in [6.07, 6.45) is 3.87. The van der Waals surface area contributed by atoms with E-state index in [4.69, 9.17) is 9.15 Å². The molecule has 0 radical (unpaired) electrons. The molecule has 2 aromatic heterocycles. The van der Waals surface area contributed by atoms with Crippen molar-refractivity contribution in [3.05, 3.63) is 53.7 Å². The summed E-state index contributed by atoms with van der Waals surface area (Å²) in [4.78, 5) is 24.2. The van der Waals surface area contributed by atoms with Crippen molar-refractivity contribution < 1.29 is 18.7 Å². The molecular weight excluding hydrogens is 392 g/mol. The molecule has 1 N–H and O–H groups in total. The fourth-order valence-corrected chi connectivity index (χ4v) is 4.07. The molecule has 1 aliphatic carbocycles. The van der Waals surface area contributed by atoms with Crippen LogP contribution in [0.15, 0.2) is 46.2 Å². The average molecular weight is 410 g/mol. The van der Waals surface area contributed by atoms with Crippen molar-refractivity contribution in [3.63, 3.8) is 0 Å². The van der Waals surface area contributed by atoms with Gasteiger partial charge < -0.3 is 14.5 Å². The molecule has 0 atom stereocenters. The van der Waals surface area contributed by atoms with Gasteiger partial charge in [-0.3, -0.25) is 14.2 Å². The molecule has 0 saturated heterocycles. The topological polar surface area (TPSA) is 99.3 Å². The number of benzene rings is 1. The van der Waals surface area contributed by atoms with Crippen molar-refractivity contribution in [2.24, 2.45) is 0 Å². The molecule has 29 heavy (non-hydrogen) atoms. The summed E-state index contributed by atoms with van der Waals surface area (Å²) in [5.74, 6) is 2.71. The molecule has 0 unspecified atom stereocenters. The Bertz CT molecular complexity index is 1070. The lowest BCUT2D eigenvalue weighted by molar-refractivity contribution is -0.118. The van der Waals surface area contributed by atoms with Crippen LogP contribution in [0.2, 0.25) is 0 Å². The van der Waals surface area contributed by atoms with E-state index in [1.165, 1.54) is 11.8 Å². The number of fused-ring (bicyclic) bond motifs is 1. The number of hydrogen-bond donors (Lipinski definition) is 1. The summed E-state index contributed by atoms with van der Waals surface area (Å²) in [5, 5.41) is 12.1. The number of aromatic nitrogens is 3. The number of hydrogen-bond acceptors (Lipinski definition) is 7. The van der Waals surface area contributed by atoms with Gasteiger partial charge in [0.2, 0.25) is 0 Å². The predicted octanol–water partition coefficient (Wildman–Crippen LogP) is 3.10. The Morgan fingerprint density at radius 1 is 1.28 bits per heavy atom. The van der Waals surface area contributed by atoms with Crippen molar-refractivity contribution in [3.8, 4) is 5.75 Å². The number of ketones is 1. The normalized spacial score (nSPS) is 15.5. The van der Waals surface area contributed by atoms with E-state index < -0.39 is 0 Å². The molecule has 148 valence electrons. The molecule has 9 heteroatoms. The van der Waals surface area contributed by atoms with Crippen LogP contribution >= 0.6 is 11.8 Å². The highest BCUT2D eigenvalue weighted by molar-refractivity contribution is 7.99. The van der Waals surface area contributed by atoms with Crippen LogP contribution in [-0.4, -0.2) is 38.8 Å². The van der Waals surface area contributed by atoms with E-state index in [0.29, 0.717) is 34.6 Å². The lowest BCUT2D eigenvalue weighted by atomic mass is 10.1. The molecule has 8 nitrogen and oxygen atoms in total. The second-order valence-electron chi connectivity index (χ2n) is 7.04. The van der Waals surface area contributed by atoms with Gasteiger partial charge in [-0.15, -0.1) is 10.2 Å². The molecule has 0 spiro atoms. The SMILES string of the molecule is O=C1COc2ccc(C(=O)CSc3nnc(C4CC4)n3Cc3ccco3)cc2N1. The number of ether oxygens (including phenoxy) is 1. The molecule has 0 bridgehead atoms. The number of thioether (sulfide) groups is 1. The lowest BCUT2D eigenvalue weighted by Gasteiger charge is -2.18. The molecule has 1 fully saturated rings. The van der Waals surface area contributed by atoms with Crippen molar-refractivity contribution in [2.45, 2.75) is 30.5 Å². The molecular formula is C20H18N4O4S. The smallest absolute Gasteiger partial charge is 0.262 e. The van der Waals surface area contributed by atoms with Gasteiger partial charge in [0.15, 0.2) is 17.5 Å². The highest BCUT2D eigenvalue weighted by Gasteiger charge is 2.31. The average Bonchev–Trinajstić information content (AvgIpc) is 3.29. The van der Waals surface area contributed by atoms with Crippen LogP contribution in [0.5, 0.6) is 5.75 Å². The molecule has 2 aliphatic rings.